The SMILES string of the molecule is CC(=N)[C@H](C#N)C(=O)COC(=O)CN(C)S(=O)(=O)c1ccc(C)cc1. The average molecular weight is 365 g/mol. The zero-order chi connectivity index (χ0) is 19.2. The van der Waals surface area contributed by atoms with Crippen LogP contribution < -0.4 is 0 Å². The zero-order valence-corrected chi connectivity index (χ0v) is 15.0. The molecule has 1 N–H and O–H groups in total. The first-order chi connectivity index (χ1) is 11.6. The summed E-state index contributed by atoms with van der Waals surface area (Å²) >= 11 is 0. The van der Waals surface area contributed by atoms with Gasteiger partial charge < -0.3 is 10.1 Å². The van der Waals surface area contributed by atoms with Crippen LogP contribution in [0.2, 0.25) is 0 Å². The third kappa shape index (κ3) is 5.48. The fraction of sp³-hybridized carbons (Fsp3) is 0.375. The van der Waals surface area contributed by atoms with Crippen molar-refractivity contribution in [2.24, 2.45) is 5.92 Å². The molecule has 1 atom stereocenters. The minimum Gasteiger partial charge on any atom is -0.457 e. The summed E-state index contributed by atoms with van der Waals surface area (Å²) in [4.78, 5) is 23.5. The highest BCUT2D eigenvalue weighted by molar-refractivity contribution is 7.89. The molecule has 0 bridgehead atoms. The number of aryl methyl sites for hydroxylation is 1. The topological polar surface area (TPSA) is 128 Å². The number of Topliss-reactive ketones (excluding diaryl/α,β-unsaturated/α-hetero) is 1. The number of carbonyl (C=O) groups is 2. The van der Waals surface area contributed by atoms with Gasteiger partial charge in [-0.2, -0.15) is 9.57 Å². The van der Waals surface area contributed by atoms with Gasteiger partial charge in [0.15, 0.2) is 12.4 Å². The van der Waals surface area contributed by atoms with Crippen molar-refractivity contribution in [2.75, 3.05) is 20.2 Å². The molecule has 0 aliphatic heterocycles. The highest BCUT2D eigenvalue weighted by Gasteiger charge is 2.25. The fourth-order valence-corrected chi connectivity index (χ4v) is 2.96. The van der Waals surface area contributed by atoms with Gasteiger partial charge in [0, 0.05) is 12.8 Å². The number of nitrogens with one attached hydrogen (secondary N) is 1. The van der Waals surface area contributed by atoms with Crippen LogP contribution >= 0.6 is 0 Å². The van der Waals surface area contributed by atoms with Crippen LogP contribution in [0, 0.1) is 29.6 Å². The summed E-state index contributed by atoms with van der Waals surface area (Å²) < 4.78 is 30.2. The first-order valence-corrected chi connectivity index (χ1v) is 8.69. The first kappa shape index (κ1) is 20.5. The highest BCUT2D eigenvalue weighted by Crippen LogP contribution is 2.14. The lowest BCUT2D eigenvalue weighted by Crippen LogP contribution is -2.34. The minimum atomic E-state index is -3.86. The van der Waals surface area contributed by atoms with Crippen molar-refractivity contribution in [3.8, 4) is 6.07 Å². The second-order valence-corrected chi connectivity index (χ2v) is 7.49. The number of hydrogen-bond donors (Lipinski definition) is 1. The standard InChI is InChI=1S/C16H19N3O5S/c1-11-4-6-13(7-5-11)25(22,23)19(3)9-16(21)24-10-15(20)14(8-17)12(2)18/h4-7,14,18H,9-10H2,1-3H3/t14-/m0/s1. The van der Waals surface area contributed by atoms with Gasteiger partial charge in [-0.05, 0) is 26.0 Å². The second-order valence-electron chi connectivity index (χ2n) is 5.45. The number of nitrogens with zero attached hydrogens (tertiary/aromatic N) is 2. The maximum Gasteiger partial charge on any atom is 0.321 e. The van der Waals surface area contributed by atoms with E-state index in [9.17, 15) is 18.0 Å². The number of hydrogen-bond acceptors (Lipinski definition) is 7. The third-order valence-corrected chi connectivity index (χ3v) is 5.16. The number of rotatable bonds is 8. The van der Waals surface area contributed by atoms with Crippen LogP contribution in [0.3, 0.4) is 0 Å². The second kappa shape index (κ2) is 8.50. The summed E-state index contributed by atoms with van der Waals surface area (Å²) in [7, 11) is -2.64. The van der Waals surface area contributed by atoms with E-state index < -0.39 is 40.8 Å². The Bertz CT molecular complexity index is 809. The smallest absolute Gasteiger partial charge is 0.321 e. The van der Waals surface area contributed by atoms with Crippen molar-refractivity contribution >= 4 is 27.5 Å². The van der Waals surface area contributed by atoms with Crippen LogP contribution in [0.1, 0.15) is 12.5 Å². The van der Waals surface area contributed by atoms with Gasteiger partial charge in [-0.1, -0.05) is 17.7 Å². The van der Waals surface area contributed by atoms with E-state index in [1.54, 1.807) is 18.2 Å². The summed E-state index contributed by atoms with van der Waals surface area (Å²) in [6.07, 6.45) is 0. The summed E-state index contributed by atoms with van der Waals surface area (Å²) in [5, 5.41) is 16.1. The van der Waals surface area contributed by atoms with Gasteiger partial charge in [0.25, 0.3) is 0 Å². The van der Waals surface area contributed by atoms with Gasteiger partial charge in [0.1, 0.15) is 12.5 Å². The molecule has 0 fully saturated rings. The molecule has 0 spiro atoms. The Labute approximate surface area is 146 Å². The Morgan fingerprint density at radius 1 is 1.32 bits per heavy atom. The van der Waals surface area contributed by atoms with Gasteiger partial charge in [-0.15, -0.1) is 0 Å². The van der Waals surface area contributed by atoms with Crippen molar-refractivity contribution in [2.45, 2.75) is 18.7 Å². The molecule has 0 unspecified atom stereocenters. The molecular formula is C16H19N3O5S. The van der Waals surface area contributed by atoms with E-state index in [-0.39, 0.29) is 10.6 Å². The molecule has 9 heteroatoms. The Hall–Kier alpha value is -2.57. The van der Waals surface area contributed by atoms with Crippen molar-refractivity contribution in [1.82, 2.24) is 4.31 Å². The number of likely N-dealkylation sites (N-methyl/N-ethyl adjacent to an activating group) is 1. The van der Waals surface area contributed by atoms with E-state index in [1.165, 1.54) is 26.1 Å². The van der Waals surface area contributed by atoms with Gasteiger partial charge in [0.2, 0.25) is 10.0 Å². The molecule has 0 amide bonds. The number of carbonyl (C=O) groups excluding carboxylic acids is 2. The van der Waals surface area contributed by atoms with Crippen molar-refractivity contribution in [1.29, 1.82) is 10.7 Å². The van der Waals surface area contributed by atoms with Crippen molar-refractivity contribution in [3.05, 3.63) is 29.8 Å². The molecule has 0 aliphatic rings. The molecule has 8 nitrogen and oxygen atoms in total. The summed E-state index contributed by atoms with van der Waals surface area (Å²) in [5.41, 5.74) is 0.746. The lowest BCUT2D eigenvalue weighted by molar-refractivity contribution is -0.148. The summed E-state index contributed by atoms with van der Waals surface area (Å²) in [5.74, 6) is -2.93. The molecule has 0 saturated carbocycles. The lowest BCUT2D eigenvalue weighted by atomic mass is 10.0. The molecule has 0 saturated heterocycles. The number of nitriles is 1. The third-order valence-electron chi connectivity index (χ3n) is 3.34. The van der Waals surface area contributed by atoms with Gasteiger partial charge in [0.05, 0.1) is 11.0 Å². The highest BCUT2D eigenvalue weighted by atomic mass is 32.2. The Kier molecular flexibility index (Phi) is 6.97. The predicted molar refractivity (Wildman–Crippen MR) is 89.5 cm³/mol. The molecule has 0 heterocycles. The largest absolute Gasteiger partial charge is 0.457 e. The molecule has 1 rings (SSSR count). The average Bonchev–Trinajstić information content (AvgIpc) is 2.53. The van der Waals surface area contributed by atoms with Crippen LogP contribution in [-0.4, -0.2) is 50.4 Å². The Morgan fingerprint density at radius 3 is 2.36 bits per heavy atom. The molecule has 1 aromatic rings. The van der Waals surface area contributed by atoms with Crippen LogP contribution in [0.5, 0.6) is 0 Å². The molecule has 134 valence electrons. The minimum absolute atomic E-state index is 0.0356. The monoisotopic (exact) mass is 365 g/mol. The maximum atomic E-state index is 12.3. The van der Waals surface area contributed by atoms with Gasteiger partial charge in [-0.25, -0.2) is 8.42 Å². The van der Waals surface area contributed by atoms with E-state index >= 15 is 0 Å². The quantitative estimate of drug-likeness (QED) is 0.538. The normalized spacial score (nSPS) is 12.3. The van der Waals surface area contributed by atoms with Crippen LogP contribution in [0.25, 0.3) is 0 Å². The molecule has 0 aliphatic carbocycles. The van der Waals surface area contributed by atoms with E-state index in [2.05, 4.69) is 0 Å². The maximum absolute atomic E-state index is 12.3. The first-order valence-electron chi connectivity index (χ1n) is 7.25. The Balaban J connectivity index is 2.68. The van der Waals surface area contributed by atoms with E-state index in [0.29, 0.717) is 0 Å². The van der Waals surface area contributed by atoms with Crippen LogP contribution in [0.4, 0.5) is 0 Å². The molecule has 0 radical (unpaired) electrons. The van der Waals surface area contributed by atoms with Crippen LogP contribution in [-0.2, 0) is 24.3 Å². The number of ketones is 1. The van der Waals surface area contributed by atoms with Crippen LogP contribution in [0.15, 0.2) is 29.2 Å². The number of ether oxygens (including phenoxy) is 1. The van der Waals surface area contributed by atoms with E-state index in [0.717, 1.165) is 9.87 Å². The fourth-order valence-electron chi connectivity index (χ4n) is 1.85. The molecule has 0 aromatic heterocycles. The summed E-state index contributed by atoms with van der Waals surface area (Å²) in [6, 6.07) is 7.78. The number of sulfonamides is 1. The van der Waals surface area contributed by atoms with E-state index in [1.807, 2.05) is 6.92 Å². The summed E-state index contributed by atoms with van der Waals surface area (Å²) in [6.45, 7) is 1.85. The van der Waals surface area contributed by atoms with Gasteiger partial charge in [-0.3, -0.25) is 9.59 Å². The van der Waals surface area contributed by atoms with Crippen molar-refractivity contribution in [3.63, 3.8) is 0 Å². The zero-order valence-electron chi connectivity index (χ0n) is 14.1. The van der Waals surface area contributed by atoms with E-state index in [4.69, 9.17) is 15.4 Å². The van der Waals surface area contributed by atoms with Crippen molar-refractivity contribution < 1.29 is 22.7 Å². The molecular weight excluding hydrogens is 346 g/mol. The molecule has 25 heavy (non-hydrogen) atoms. The number of esters is 1. The molecule has 1 aromatic carbocycles. The number of benzene rings is 1. The van der Waals surface area contributed by atoms with Gasteiger partial charge >= 0.3 is 5.97 Å². The lowest BCUT2D eigenvalue weighted by Gasteiger charge is -2.16. The predicted octanol–water partition coefficient (Wildman–Crippen LogP) is 0.907. The Morgan fingerprint density at radius 2 is 1.88 bits per heavy atom.